The molecule has 2 aromatic heterocycles. The van der Waals surface area contributed by atoms with Gasteiger partial charge in [-0.05, 0) is 25.1 Å². The minimum absolute atomic E-state index is 0.137. The van der Waals surface area contributed by atoms with Gasteiger partial charge in [0.15, 0.2) is 11.5 Å². The lowest BCUT2D eigenvalue weighted by Gasteiger charge is -2.14. The predicted molar refractivity (Wildman–Crippen MR) is 96.1 cm³/mol. The fourth-order valence-electron chi connectivity index (χ4n) is 2.65. The van der Waals surface area contributed by atoms with E-state index in [0.717, 1.165) is 0 Å². The van der Waals surface area contributed by atoms with E-state index in [-0.39, 0.29) is 23.0 Å². The number of carbonyl (C=O) groups excluding carboxylic acids is 1. The largest absolute Gasteiger partial charge is 0.586 e. The molecular formula is C18H13F2N5O5. The number of H-pyrrole nitrogens is 1. The summed E-state index contributed by atoms with van der Waals surface area (Å²) in [6, 6.07) is 5.91. The minimum atomic E-state index is -3.85. The second kappa shape index (κ2) is 7.39. The third-order valence-electron chi connectivity index (χ3n) is 3.94. The highest BCUT2D eigenvalue weighted by Gasteiger charge is 2.45. The number of aromatic nitrogens is 4. The molecule has 1 aliphatic heterocycles. The lowest BCUT2D eigenvalue weighted by Crippen LogP contribution is -2.32. The molecule has 0 spiro atoms. The lowest BCUT2D eigenvalue weighted by atomic mass is 10.2. The standard InChI is InChI=1S/C18H13F2N5O5/c1-9(16-24-11(7-14(26)25-16)10-5-6-21-8-22-10)23-17(27)28-12-3-2-4-13-15(12)30-18(19,20)29-13/h2-9H,1H3,(H,23,27)(H,24,25,26). The van der Waals surface area contributed by atoms with E-state index in [2.05, 4.69) is 34.7 Å². The normalized spacial score (nSPS) is 14.8. The SMILES string of the molecule is CC(NC(=O)Oc1cccc2c1OC(F)(F)O2)c1nc(-c2ccncn2)cc(=O)[nH]1. The summed E-state index contributed by atoms with van der Waals surface area (Å²) in [6.07, 6.45) is -2.02. The first-order valence-corrected chi connectivity index (χ1v) is 8.55. The Morgan fingerprint density at radius 3 is 2.87 bits per heavy atom. The van der Waals surface area contributed by atoms with Crippen LogP contribution in [0, 0.1) is 0 Å². The van der Waals surface area contributed by atoms with E-state index in [1.165, 1.54) is 36.8 Å². The average Bonchev–Trinajstić information content (AvgIpc) is 3.03. The Balaban J connectivity index is 1.50. The molecule has 0 bridgehead atoms. The summed E-state index contributed by atoms with van der Waals surface area (Å²) in [5.74, 6) is -0.785. The molecule has 0 fully saturated rings. The van der Waals surface area contributed by atoms with Gasteiger partial charge in [0.1, 0.15) is 12.2 Å². The van der Waals surface area contributed by atoms with Crippen LogP contribution in [0.3, 0.4) is 0 Å². The fraction of sp³-hybridized carbons (Fsp3) is 0.167. The molecule has 10 nitrogen and oxygen atoms in total. The van der Waals surface area contributed by atoms with Crippen LogP contribution in [-0.4, -0.2) is 32.3 Å². The third-order valence-corrected chi connectivity index (χ3v) is 3.94. The van der Waals surface area contributed by atoms with Crippen LogP contribution < -0.4 is 25.1 Å². The molecule has 1 amide bonds. The van der Waals surface area contributed by atoms with Gasteiger partial charge in [0.2, 0.25) is 5.75 Å². The molecule has 0 saturated heterocycles. The monoisotopic (exact) mass is 417 g/mol. The molecule has 4 rings (SSSR count). The number of fused-ring (bicyclic) bond motifs is 1. The minimum Gasteiger partial charge on any atom is -0.406 e. The Morgan fingerprint density at radius 2 is 2.10 bits per heavy atom. The summed E-state index contributed by atoms with van der Waals surface area (Å²) in [5.41, 5.74) is 0.251. The summed E-state index contributed by atoms with van der Waals surface area (Å²) in [6.45, 7) is 1.55. The first-order chi connectivity index (χ1) is 14.3. The van der Waals surface area contributed by atoms with Gasteiger partial charge in [-0.2, -0.15) is 0 Å². The Morgan fingerprint density at radius 1 is 1.27 bits per heavy atom. The molecule has 1 unspecified atom stereocenters. The molecule has 154 valence electrons. The molecule has 30 heavy (non-hydrogen) atoms. The molecule has 2 N–H and O–H groups in total. The number of carbonyl (C=O) groups is 1. The summed E-state index contributed by atoms with van der Waals surface area (Å²) in [5, 5.41) is 2.45. The number of nitrogens with zero attached hydrogens (tertiary/aromatic N) is 3. The molecule has 0 saturated carbocycles. The van der Waals surface area contributed by atoms with Crippen LogP contribution in [0.5, 0.6) is 17.2 Å². The highest BCUT2D eigenvalue weighted by atomic mass is 19.3. The van der Waals surface area contributed by atoms with Gasteiger partial charge in [0.05, 0.1) is 17.4 Å². The second-order valence-electron chi connectivity index (χ2n) is 6.12. The zero-order valence-electron chi connectivity index (χ0n) is 15.3. The molecule has 12 heteroatoms. The number of hydrogen-bond donors (Lipinski definition) is 2. The summed E-state index contributed by atoms with van der Waals surface area (Å²) < 4.78 is 40.2. The molecular weight excluding hydrogens is 404 g/mol. The van der Waals surface area contributed by atoms with Gasteiger partial charge in [-0.25, -0.2) is 19.7 Å². The maximum Gasteiger partial charge on any atom is 0.586 e. The number of halogens is 2. The average molecular weight is 417 g/mol. The molecule has 3 heterocycles. The molecule has 1 aliphatic rings. The Kier molecular flexibility index (Phi) is 4.74. The van der Waals surface area contributed by atoms with Crippen LogP contribution in [0.25, 0.3) is 11.4 Å². The number of alkyl halides is 2. The number of benzene rings is 1. The number of ether oxygens (including phenoxy) is 3. The summed E-state index contributed by atoms with van der Waals surface area (Å²) in [4.78, 5) is 38.8. The number of amides is 1. The first kappa shape index (κ1) is 19.2. The summed E-state index contributed by atoms with van der Waals surface area (Å²) in [7, 11) is 0. The van der Waals surface area contributed by atoms with Gasteiger partial charge in [-0.3, -0.25) is 4.79 Å². The van der Waals surface area contributed by atoms with Crippen molar-refractivity contribution in [3.05, 3.63) is 59.0 Å². The second-order valence-corrected chi connectivity index (χ2v) is 6.12. The molecule has 0 radical (unpaired) electrons. The van der Waals surface area contributed by atoms with Crippen LogP contribution >= 0.6 is 0 Å². The van der Waals surface area contributed by atoms with Gasteiger partial charge < -0.3 is 24.5 Å². The van der Waals surface area contributed by atoms with E-state index < -0.39 is 29.7 Å². The zero-order valence-corrected chi connectivity index (χ0v) is 15.3. The van der Waals surface area contributed by atoms with Gasteiger partial charge in [-0.15, -0.1) is 8.78 Å². The Bertz CT molecular complexity index is 1160. The van der Waals surface area contributed by atoms with E-state index >= 15 is 0 Å². The number of aromatic amines is 1. The van der Waals surface area contributed by atoms with Gasteiger partial charge >= 0.3 is 12.4 Å². The van der Waals surface area contributed by atoms with Crippen molar-refractivity contribution in [2.45, 2.75) is 19.3 Å². The Labute approximate surface area is 166 Å². The number of nitrogens with one attached hydrogen (secondary N) is 2. The molecule has 1 aromatic carbocycles. The van der Waals surface area contributed by atoms with Crippen LogP contribution in [0.15, 0.2) is 47.7 Å². The topological polar surface area (TPSA) is 128 Å². The molecule has 3 aromatic rings. The third kappa shape index (κ3) is 4.01. The van der Waals surface area contributed by atoms with E-state index in [0.29, 0.717) is 5.69 Å². The quantitative estimate of drug-likeness (QED) is 0.662. The smallest absolute Gasteiger partial charge is 0.406 e. The fourth-order valence-corrected chi connectivity index (χ4v) is 2.65. The van der Waals surface area contributed by atoms with Crippen molar-refractivity contribution < 1.29 is 27.8 Å². The van der Waals surface area contributed by atoms with E-state index in [4.69, 9.17) is 4.74 Å². The maximum absolute atomic E-state index is 13.2. The van der Waals surface area contributed by atoms with Crippen LogP contribution in [-0.2, 0) is 0 Å². The number of rotatable bonds is 4. The van der Waals surface area contributed by atoms with E-state index in [9.17, 15) is 18.4 Å². The van der Waals surface area contributed by atoms with E-state index in [1.807, 2.05) is 0 Å². The highest BCUT2D eigenvalue weighted by Crippen LogP contribution is 2.46. The van der Waals surface area contributed by atoms with Gasteiger partial charge in [-0.1, -0.05) is 6.07 Å². The molecule has 0 aliphatic carbocycles. The zero-order chi connectivity index (χ0) is 21.3. The molecule has 1 atom stereocenters. The number of hydrogen-bond acceptors (Lipinski definition) is 8. The predicted octanol–water partition coefficient (Wildman–Crippen LogP) is 2.40. The van der Waals surface area contributed by atoms with Crippen molar-refractivity contribution in [1.29, 1.82) is 0 Å². The maximum atomic E-state index is 13.2. The summed E-state index contributed by atoms with van der Waals surface area (Å²) >= 11 is 0. The van der Waals surface area contributed by atoms with Crippen LogP contribution in [0.1, 0.15) is 18.8 Å². The first-order valence-electron chi connectivity index (χ1n) is 8.55. The number of para-hydroxylation sites is 1. The van der Waals surface area contributed by atoms with Crippen molar-refractivity contribution in [1.82, 2.24) is 25.3 Å². The van der Waals surface area contributed by atoms with Crippen molar-refractivity contribution in [3.63, 3.8) is 0 Å². The van der Waals surface area contributed by atoms with Crippen molar-refractivity contribution in [3.8, 4) is 28.6 Å². The highest BCUT2D eigenvalue weighted by molar-refractivity contribution is 5.72. The van der Waals surface area contributed by atoms with Crippen molar-refractivity contribution in [2.24, 2.45) is 0 Å². The lowest BCUT2D eigenvalue weighted by molar-refractivity contribution is -0.287. The van der Waals surface area contributed by atoms with Gasteiger partial charge in [0, 0.05) is 12.3 Å². The van der Waals surface area contributed by atoms with Crippen molar-refractivity contribution in [2.75, 3.05) is 0 Å². The Hall–Kier alpha value is -4.09. The van der Waals surface area contributed by atoms with Crippen LogP contribution in [0.2, 0.25) is 0 Å². The van der Waals surface area contributed by atoms with E-state index in [1.54, 1.807) is 13.0 Å². The van der Waals surface area contributed by atoms with Crippen LogP contribution in [0.4, 0.5) is 13.6 Å². The van der Waals surface area contributed by atoms with Gasteiger partial charge in [0.25, 0.3) is 5.56 Å². The van der Waals surface area contributed by atoms with Crippen molar-refractivity contribution >= 4 is 6.09 Å².